The van der Waals surface area contributed by atoms with Crippen LogP contribution in [0.5, 0.6) is 0 Å². The highest BCUT2D eigenvalue weighted by Gasteiger charge is 2.19. The van der Waals surface area contributed by atoms with Gasteiger partial charge in [0.05, 0.1) is 18.5 Å². The van der Waals surface area contributed by atoms with Crippen LogP contribution in [0.25, 0.3) is 0 Å². The summed E-state index contributed by atoms with van der Waals surface area (Å²) >= 11 is 0. The van der Waals surface area contributed by atoms with Gasteiger partial charge in [0, 0.05) is 0 Å². The van der Waals surface area contributed by atoms with E-state index < -0.39 is 11.9 Å². The number of hydrazine groups is 1. The van der Waals surface area contributed by atoms with E-state index in [-0.39, 0.29) is 11.4 Å². The zero-order valence-corrected chi connectivity index (χ0v) is 11.3. The highest BCUT2D eigenvalue weighted by Crippen LogP contribution is 2.21. The van der Waals surface area contributed by atoms with Gasteiger partial charge in [0.15, 0.2) is 0 Å². The molecule has 0 fully saturated rings. The Morgan fingerprint density at radius 3 is 2.43 bits per heavy atom. The predicted molar refractivity (Wildman–Crippen MR) is 77.4 cm³/mol. The van der Waals surface area contributed by atoms with Gasteiger partial charge in [0.2, 0.25) is 0 Å². The molecule has 0 radical (unpaired) electrons. The molecule has 2 rings (SSSR count). The monoisotopic (exact) mass is 286 g/mol. The van der Waals surface area contributed by atoms with Crippen LogP contribution in [0.1, 0.15) is 21.0 Å². The maximum atomic E-state index is 12.3. The number of anilines is 2. The fourth-order valence-electron chi connectivity index (χ4n) is 1.71. The average molecular weight is 286 g/mol. The van der Waals surface area contributed by atoms with Crippen LogP contribution in [0.2, 0.25) is 0 Å². The van der Waals surface area contributed by atoms with Gasteiger partial charge in [0.25, 0.3) is 5.91 Å². The van der Waals surface area contributed by atoms with Crippen molar-refractivity contribution in [3.05, 3.63) is 53.9 Å². The Balaban J connectivity index is 2.32. The maximum Gasteiger partial charge on any atom is 0.356 e. The normalized spacial score (nSPS) is 10.0. The molecule has 0 aliphatic carbocycles. The SMILES string of the molecule is COC(=O)c1cccc(C(=O)N(N)c2ccccc2N)n1. The van der Waals surface area contributed by atoms with Crippen LogP contribution in [0, 0.1) is 0 Å². The first-order valence-electron chi connectivity index (χ1n) is 6.03. The van der Waals surface area contributed by atoms with Crippen molar-refractivity contribution < 1.29 is 14.3 Å². The lowest BCUT2D eigenvalue weighted by Crippen LogP contribution is -2.38. The first-order valence-corrected chi connectivity index (χ1v) is 6.03. The van der Waals surface area contributed by atoms with Gasteiger partial charge in [0.1, 0.15) is 11.4 Å². The third-order valence-corrected chi connectivity index (χ3v) is 2.78. The lowest BCUT2D eigenvalue weighted by molar-refractivity contribution is 0.0594. The zero-order chi connectivity index (χ0) is 15.4. The summed E-state index contributed by atoms with van der Waals surface area (Å²) in [5.41, 5.74) is 6.52. The first kappa shape index (κ1) is 14.5. The molecule has 0 atom stereocenters. The van der Waals surface area contributed by atoms with Crippen molar-refractivity contribution in [1.29, 1.82) is 0 Å². The highest BCUT2D eigenvalue weighted by atomic mass is 16.5. The number of nitrogen functional groups attached to an aromatic ring is 1. The number of pyridine rings is 1. The summed E-state index contributed by atoms with van der Waals surface area (Å²) in [5.74, 6) is 4.56. The molecule has 1 aromatic carbocycles. The quantitative estimate of drug-likeness (QED) is 0.286. The van der Waals surface area contributed by atoms with Crippen LogP contribution in [0.4, 0.5) is 11.4 Å². The van der Waals surface area contributed by atoms with Crippen LogP contribution in [0.15, 0.2) is 42.5 Å². The minimum atomic E-state index is -0.632. The van der Waals surface area contributed by atoms with Crippen LogP contribution >= 0.6 is 0 Å². The van der Waals surface area contributed by atoms with Crippen LogP contribution < -0.4 is 16.6 Å². The molecule has 0 saturated carbocycles. The largest absolute Gasteiger partial charge is 0.464 e. The molecule has 0 aliphatic rings. The van der Waals surface area contributed by atoms with E-state index in [2.05, 4.69) is 9.72 Å². The third-order valence-electron chi connectivity index (χ3n) is 2.78. The number of ether oxygens (including phenoxy) is 1. The van der Waals surface area contributed by atoms with Crippen LogP contribution in [-0.4, -0.2) is 24.0 Å². The van der Waals surface area contributed by atoms with Gasteiger partial charge in [-0.05, 0) is 24.3 Å². The fraction of sp³-hybridized carbons (Fsp3) is 0.0714. The van der Waals surface area contributed by atoms with E-state index >= 15 is 0 Å². The molecular weight excluding hydrogens is 272 g/mol. The molecule has 7 heteroatoms. The number of hydrogen-bond acceptors (Lipinski definition) is 6. The Hall–Kier alpha value is -2.93. The lowest BCUT2D eigenvalue weighted by Gasteiger charge is -2.18. The van der Waals surface area contributed by atoms with Gasteiger partial charge in [-0.15, -0.1) is 0 Å². The zero-order valence-electron chi connectivity index (χ0n) is 11.3. The molecule has 0 aliphatic heterocycles. The van der Waals surface area contributed by atoms with Gasteiger partial charge in [-0.3, -0.25) is 4.79 Å². The van der Waals surface area contributed by atoms with Crippen molar-refractivity contribution in [3.8, 4) is 0 Å². The topological polar surface area (TPSA) is 112 Å². The maximum absolute atomic E-state index is 12.3. The number of nitrogens with two attached hydrogens (primary N) is 2. The summed E-state index contributed by atoms with van der Waals surface area (Å²) in [6.07, 6.45) is 0. The van der Waals surface area contributed by atoms with E-state index in [0.717, 1.165) is 5.01 Å². The Morgan fingerprint density at radius 1 is 1.10 bits per heavy atom. The number of para-hydroxylation sites is 2. The lowest BCUT2D eigenvalue weighted by atomic mass is 10.2. The minimum absolute atomic E-state index is 0.0173. The van der Waals surface area contributed by atoms with Gasteiger partial charge < -0.3 is 10.5 Å². The van der Waals surface area contributed by atoms with E-state index in [1.807, 2.05) is 0 Å². The number of methoxy groups -OCH3 is 1. The third kappa shape index (κ3) is 2.98. The van der Waals surface area contributed by atoms with Crippen molar-refractivity contribution >= 4 is 23.3 Å². The van der Waals surface area contributed by atoms with Crippen molar-refractivity contribution in [3.63, 3.8) is 0 Å². The van der Waals surface area contributed by atoms with Crippen molar-refractivity contribution in [2.24, 2.45) is 5.84 Å². The van der Waals surface area contributed by atoms with E-state index in [1.165, 1.54) is 25.3 Å². The molecule has 4 N–H and O–H groups in total. The van der Waals surface area contributed by atoms with Crippen molar-refractivity contribution in [1.82, 2.24) is 4.98 Å². The molecule has 0 unspecified atom stereocenters. The second-order valence-electron chi connectivity index (χ2n) is 4.13. The number of carbonyl (C=O) groups excluding carboxylic acids is 2. The Morgan fingerprint density at radius 2 is 1.76 bits per heavy atom. The van der Waals surface area contributed by atoms with Crippen LogP contribution in [0.3, 0.4) is 0 Å². The molecule has 0 saturated heterocycles. The number of esters is 1. The van der Waals surface area contributed by atoms with E-state index in [1.54, 1.807) is 24.3 Å². The molecule has 1 heterocycles. The Kier molecular flexibility index (Phi) is 4.15. The molecule has 1 aromatic heterocycles. The standard InChI is InChI=1S/C14H14N4O3/c1-21-14(20)11-7-4-6-10(17-11)13(19)18(16)12-8-3-2-5-9(12)15/h2-8H,15-16H2,1H3. The van der Waals surface area contributed by atoms with Gasteiger partial charge in [-0.25, -0.2) is 20.6 Å². The minimum Gasteiger partial charge on any atom is -0.464 e. The summed E-state index contributed by atoms with van der Waals surface area (Å²) in [5, 5.41) is 0.888. The Bertz CT molecular complexity index is 687. The second kappa shape index (κ2) is 6.02. The molecule has 1 amide bonds. The number of benzene rings is 1. The molecule has 0 bridgehead atoms. The molecule has 0 spiro atoms. The molecule has 2 aromatic rings. The number of amides is 1. The number of aromatic nitrogens is 1. The molecule has 21 heavy (non-hydrogen) atoms. The molecule has 7 nitrogen and oxygen atoms in total. The highest BCUT2D eigenvalue weighted by molar-refractivity contribution is 6.06. The van der Waals surface area contributed by atoms with Crippen molar-refractivity contribution in [2.45, 2.75) is 0 Å². The predicted octanol–water partition coefficient (Wildman–Crippen LogP) is 0.971. The number of nitrogens with zero attached hydrogens (tertiary/aromatic N) is 2. The van der Waals surface area contributed by atoms with E-state index in [9.17, 15) is 9.59 Å². The van der Waals surface area contributed by atoms with E-state index in [4.69, 9.17) is 11.6 Å². The molecular formula is C14H14N4O3. The van der Waals surface area contributed by atoms with E-state index in [0.29, 0.717) is 11.4 Å². The van der Waals surface area contributed by atoms with Gasteiger partial charge in [-0.2, -0.15) is 0 Å². The smallest absolute Gasteiger partial charge is 0.356 e. The number of rotatable bonds is 3. The van der Waals surface area contributed by atoms with Crippen molar-refractivity contribution in [2.75, 3.05) is 17.9 Å². The summed E-state index contributed by atoms with van der Waals surface area (Å²) in [7, 11) is 1.23. The summed E-state index contributed by atoms with van der Waals surface area (Å²) < 4.78 is 4.56. The van der Waals surface area contributed by atoms with Crippen LogP contribution in [-0.2, 0) is 4.74 Å². The average Bonchev–Trinajstić information content (AvgIpc) is 2.53. The fourth-order valence-corrected chi connectivity index (χ4v) is 1.71. The second-order valence-corrected chi connectivity index (χ2v) is 4.13. The van der Waals surface area contributed by atoms with Gasteiger partial charge >= 0.3 is 5.97 Å². The summed E-state index contributed by atoms with van der Waals surface area (Å²) in [6, 6.07) is 11.1. The Labute approximate surface area is 121 Å². The number of hydrogen-bond donors (Lipinski definition) is 2. The first-order chi connectivity index (χ1) is 10.0. The van der Waals surface area contributed by atoms with Gasteiger partial charge in [-0.1, -0.05) is 18.2 Å². The summed E-state index contributed by atoms with van der Waals surface area (Å²) in [6.45, 7) is 0. The molecule has 108 valence electrons. The number of carbonyl (C=O) groups is 2. The summed E-state index contributed by atoms with van der Waals surface area (Å²) in [4.78, 5) is 27.6.